The minimum atomic E-state index is 0.916. The highest BCUT2D eigenvalue weighted by Crippen LogP contribution is 2.23. The van der Waals surface area contributed by atoms with Crippen LogP contribution in [0.5, 0.6) is 5.75 Å². The lowest BCUT2D eigenvalue weighted by Crippen LogP contribution is -1.98. The van der Waals surface area contributed by atoms with Crippen molar-refractivity contribution in [2.24, 2.45) is 0 Å². The first-order chi connectivity index (χ1) is 10.3. The molecule has 3 aromatic rings. The molecular formula is C19H19NO. The molecule has 0 atom stereocenters. The van der Waals surface area contributed by atoms with Crippen LogP contribution in [0, 0.1) is 6.92 Å². The predicted octanol–water partition coefficient (Wildman–Crippen LogP) is 4.39. The van der Waals surface area contributed by atoms with E-state index in [0.29, 0.717) is 0 Å². The smallest absolute Gasteiger partial charge is 0.121 e. The number of aryl methyl sites for hydroxylation is 1. The molecule has 0 aliphatic carbocycles. The Morgan fingerprint density at radius 2 is 1.71 bits per heavy atom. The number of rotatable bonds is 4. The first-order valence-corrected chi connectivity index (χ1v) is 7.12. The summed E-state index contributed by atoms with van der Waals surface area (Å²) < 4.78 is 7.49. The molecule has 0 fully saturated rings. The number of hydrogen-bond donors (Lipinski definition) is 0. The molecule has 0 N–H and O–H groups in total. The SMILES string of the molecule is COc1ccc(Cc2ccccc2-n2cccc2)cc1C. The zero-order chi connectivity index (χ0) is 14.7. The zero-order valence-corrected chi connectivity index (χ0v) is 12.4. The molecular weight excluding hydrogens is 258 g/mol. The molecule has 0 spiro atoms. The van der Waals surface area contributed by atoms with Crippen LogP contribution in [-0.4, -0.2) is 11.7 Å². The second-order valence-corrected chi connectivity index (χ2v) is 5.20. The van der Waals surface area contributed by atoms with Gasteiger partial charge in [0.05, 0.1) is 7.11 Å². The molecule has 2 aromatic carbocycles. The molecule has 1 heterocycles. The Kier molecular flexibility index (Phi) is 3.78. The van der Waals surface area contributed by atoms with E-state index in [9.17, 15) is 0 Å². The van der Waals surface area contributed by atoms with Crippen molar-refractivity contribution in [1.29, 1.82) is 0 Å². The van der Waals surface area contributed by atoms with Gasteiger partial charge in [0.25, 0.3) is 0 Å². The van der Waals surface area contributed by atoms with Crippen LogP contribution in [0.2, 0.25) is 0 Å². The summed E-state index contributed by atoms with van der Waals surface area (Å²) in [5.74, 6) is 0.942. The molecule has 106 valence electrons. The highest BCUT2D eigenvalue weighted by molar-refractivity contribution is 5.45. The minimum absolute atomic E-state index is 0.916. The molecule has 0 unspecified atom stereocenters. The highest BCUT2D eigenvalue weighted by Gasteiger charge is 2.06. The number of para-hydroxylation sites is 1. The van der Waals surface area contributed by atoms with Crippen LogP contribution < -0.4 is 4.74 Å². The summed E-state index contributed by atoms with van der Waals surface area (Å²) in [6.45, 7) is 2.08. The summed E-state index contributed by atoms with van der Waals surface area (Å²) in [6, 6.07) is 19.0. The number of methoxy groups -OCH3 is 1. The van der Waals surface area contributed by atoms with Gasteiger partial charge < -0.3 is 9.30 Å². The van der Waals surface area contributed by atoms with Crippen molar-refractivity contribution in [2.75, 3.05) is 7.11 Å². The van der Waals surface area contributed by atoms with E-state index in [1.54, 1.807) is 7.11 Å². The lowest BCUT2D eigenvalue weighted by Gasteiger charge is -2.12. The van der Waals surface area contributed by atoms with Gasteiger partial charge in [-0.05, 0) is 54.3 Å². The van der Waals surface area contributed by atoms with Gasteiger partial charge in [-0.25, -0.2) is 0 Å². The van der Waals surface area contributed by atoms with Crippen molar-refractivity contribution in [1.82, 2.24) is 4.57 Å². The number of ether oxygens (including phenoxy) is 1. The Morgan fingerprint density at radius 1 is 0.952 bits per heavy atom. The number of aromatic nitrogens is 1. The highest BCUT2D eigenvalue weighted by atomic mass is 16.5. The van der Waals surface area contributed by atoms with Crippen LogP contribution in [0.3, 0.4) is 0 Å². The van der Waals surface area contributed by atoms with Crippen molar-refractivity contribution >= 4 is 0 Å². The molecule has 2 nitrogen and oxygen atoms in total. The molecule has 0 saturated heterocycles. The second kappa shape index (κ2) is 5.88. The third-order valence-electron chi connectivity index (χ3n) is 3.73. The average Bonchev–Trinajstić information content (AvgIpc) is 3.02. The molecule has 3 rings (SSSR count). The van der Waals surface area contributed by atoms with Gasteiger partial charge in [-0.2, -0.15) is 0 Å². The van der Waals surface area contributed by atoms with Crippen molar-refractivity contribution < 1.29 is 4.74 Å². The number of hydrogen-bond acceptors (Lipinski definition) is 1. The fourth-order valence-corrected chi connectivity index (χ4v) is 2.68. The first kappa shape index (κ1) is 13.5. The van der Waals surface area contributed by atoms with E-state index in [2.05, 4.69) is 60.3 Å². The van der Waals surface area contributed by atoms with Crippen LogP contribution in [0.1, 0.15) is 16.7 Å². The van der Waals surface area contributed by atoms with Crippen LogP contribution in [0.4, 0.5) is 0 Å². The van der Waals surface area contributed by atoms with E-state index in [1.807, 2.05) is 18.2 Å². The van der Waals surface area contributed by atoms with E-state index >= 15 is 0 Å². The Hall–Kier alpha value is -2.48. The topological polar surface area (TPSA) is 14.2 Å². The normalized spacial score (nSPS) is 10.6. The van der Waals surface area contributed by atoms with Crippen LogP contribution in [0.15, 0.2) is 67.0 Å². The Bertz CT molecular complexity index is 729. The lowest BCUT2D eigenvalue weighted by molar-refractivity contribution is 0.411. The van der Waals surface area contributed by atoms with Gasteiger partial charge in [-0.15, -0.1) is 0 Å². The van der Waals surface area contributed by atoms with E-state index in [4.69, 9.17) is 4.74 Å². The summed E-state index contributed by atoms with van der Waals surface area (Å²) in [6.07, 6.45) is 5.08. The Balaban J connectivity index is 1.94. The molecule has 21 heavy (non-hydrogen) atoms. The molecule has 0 saturated carbocycles. The summed E-state index contributed by atoms with van der Waals surface area (Å²) in [5, 5.41) is 0. The van der Waals surface area contributed by atoms with Gasteiger partial charge in [0.1, 0.15) is 5.75 Å². The maximum absolute atomic E-state index is 5.33. The monoisotopic (exact) mass is 277 g/mol. The fraction of sp³-hybridized carbons (Fsp3) is 0.158. The van der Waals surface area contributed by atoms with E-state index in [0.717, 1.165) is 12.2 Å². The predicted molar refractivity (Wildman–Crippen MR) is 86.3 cm³/mol. The van der Waals surface area contributed by atoms with Gasteiger partial charge in [-0.1, -0.05) is 30.3 Å². The molecule has 0 radical (unpaired) electrons. The van der Waals surface area contributed by atoms with Crippen molar-refractivity contribution in [3.63, 3.8) is 0 Å². The molecule has 0 aliphatic heterocycles. The summed E-state index contributed by atoms with van der Waals surface area (Å²) in [4.78, 5) is 0. The van der Waals surface area contributed by atoms with Gasteiger partial charge in [0.15, 0.2) is 0 Å². The second-order valence-electron chi connectivity index (χ2n) is 5.20. The quantitative estimate of drug-likeness (QED) is 0.690. The van der Waals surface area contributed by atoms with Gasteiger partial charge >= 0.3 is 0 Å². The van der Waals surface area contributed by atoms with E-state index < -0.39 is 0 Å². The average molecular weight is 277 g/mol. The summed E-state index contributed by atoms with van der Waals surface area (Å²) >= 11 is 0. The first-order valence-electron chi connectivity index (χ1n) is 7.12. The number of benzene rings is 2. The maximum atomic E-state index is 5.33. The molecule has 0 aliphatic rings. The van der Waals surface area contributed by atoms with Gasteiger partial charge in [0, 0.05) is 18.1 Å². The molecule has 1 aromatic heterocycles. The third kappa shape index (κ3) is 2.84. The van der Waals surface area contributed by atoms with Crippen LogP contribution in [-0.2, 0) is 6.42 Å². The summed E-state index contributed by atoms with van der Waals surface area (Å²) in [5.41, 5.74) is 5.02. The van der Waals surface area contributed by atoms with Crippen LogP contribution >= 0.6 is 0 Å². The maximum Gasteiger partial charge on any atom is 0.121 e. The minimum Gasteiger partial charge on any atom is -0.496 e. The zero-order valence-electron chi connectivity index (χ0n) is 12.4. The van der Waals surface area contributed by atoms with Gasteiger partial charge in [0.2, 0.25) is 0 Å². The lowest BCUT2D eigenvalue weighted by atomic mass is 10.0. The van der Waals surface area contributed by atoms with E-state index in [-0.39, 0.29) is 0 Å². The Morgan fingerprint density at radius 3 is 2.43 bits per heavy atom. The molecule has 2 heteroatoms. The third-order valence-corrected chi connectivity index (χ3v) is 3.73. The standard InChI is InChI=1S/C19H19NO/c1-15-13-16(9-10-19(15)21-2)14-17-7-3-4-8-18(17)20-11-5-6-12-20/h3-13H,14H2,1-2H3. The largest absolute Gasteiger partial charge is 0.496 e. The van der Waals surface area contributed by atoms with Crippen molar-refractivity contribution in [3.8, 4) is 11.4 Å². The van der Waals surface area contributed by atoms with Crippen LogP contribution in [0.25, 0.3) is 5.69 Å². The van der Waals surface area contributed by atoms with E-state index in [1.165, 1.54) is 22.4 Å². The van der Waals surface area contributed by atoms with Gasteiger partial charge in [-0.3, -0.25) is 0 Å². The summed E-state index contributed by atoms with van der Waals surface area (Å²) in [7, 11) is 1.71. The Labute approximate surface area is 125 Å². The number of nitrogens with zero attached hydrogens (tertiary/aromatic N) is 1. The van der Waals surface area contributed by atoms with Crippen molar-refractivity contribution in [2.45, 2.75) is 13.3 Å². The fourth-order valence-electron chi connectivity index (χ4n) is 2.68. The molecule has 0 amide bonds. The molecule has 0 bridgehead atoms. The van der Waals surface area contributed by atoms with Crippen molar-refractivity contribution in [3.05, 3.63) is 83.7 Å².